The molecule has 0 saturated heterocycles. The molecular formula is C13H18O4S. The fraction of sp³-hybridized carbons (Fsp3) is 0.462. The third-order valence-electron chi connectivity index (χ3n) is 2.57. The summed E-state index contributed by atoms with van der Waals surface area (Å²) in [5.74, 6) is 0.0529. The SMILES string of the molecule is CC(C)(C(=O)O)S(=O)CCCOc1ccccc1. The maximum Gasteiger partial charge on any atom is 0.321 e. The summed E-state index contributed by atoms with van der Waals surface area (Å²) in [6.45, 7) is 3.39. The second kappa shape index (κ2) is 6.54. The molecule has 100 valence electrons. The smallest absolute Gasteiger partial charge is 0.321 e. The van der Waals surface area contributed by atoms with E-state index in [2.05, 4.69) is 0 Å². The molecule has 5 heteroatoms. The van der Waals surface area contributed by atoms with Gasteiger partial charge in [0.05, 0.1) is 6.61 Å². The Labute approximate surface area is 109 Å². The Hall–Kier alpha value is -1.36. The lowest BCUT2D eigenvalue weighted by Gasteiger charge is -2.18. The van der Waals surface area contributed by atoms with Gasteiger partial charge >= 0.3 is 5.97 Å². The minimum absolute atomic E-state index is 0.326. The lowest BCUT2D eigenvalue weighted by molar-refractivity contribution is -0.139. The number of aliphatic carboxylic acids is 1. The van der Waals surface area contributed by atoms with Gasteiger partial charge < -0.3 is 9.84 Å². The second-order valence-corrected chi connectivity index (χ2v) is 6.50. The Morgan fingerprint density at radius 3 is 2.50 bits per heavy atom. The molecule has 0 bridgehead atoms. The van der Waals surface area contributed by atoms with Crippen molar-refractivity contribution in [2.24, 2.45) is 0 Å². The molecule has 0 aliphatic heterocycles. The van der Waals surface area contributed by atoms with E-state index >= 15 is 0 Å². The van der Waals surface area contributed by atoms with Gasteiger partial charge in [-0.3, -0.25) is 9.00 Å². The summed E-state index contributed by atoms with van der Waals surface area (Å²) in [7, 11) is -1.40. The number of carbonyl (C=O) groups is 1. The molecule has 0 aromatic heterocycles. The van der Waals surface area contributed by atoms with E-state index in [9.17, 15) is 9.00 Å². The Balaban J connectivity index is 2.31. The largest absolute Gasteiger partial charge is 0.494 e. The Morgan fingerprint density at radius 1 is 1.33 bits per heavy atom. The van der Waals surface area contributed by atoms with E-state index in [1.807, 2.05) is 30.3 Å². The summed E-state index contributed by atoms with van der Waals surface area (Å²) in [4.78, 5) is 10.9. The third kappa shape index (κ3) is 4.14. The number of hydrogen-bond donors (Lipinski definition) is 1. The minimum Gasteiger partial charge on any atom is -0.494 e. The summed E-state index contributed by atoms with van der Waals surface area (Å²) in [6.07, 6.45) is 0.568. The van der Waals surface area contributed by atoms with Gasteiger partial charge in [-0.1, -0.05) is 18.2 Å². The van der Waals surface area contributed by atoms with Crippen molar-refractivity contribution in [1.82, 2.24) is 0 Å². The molecule has 1 aromatic carbocycles. The average Bonchev–Trinajstić information content (AvgIpc) is 2.35. The zero-order valence-corrected chi connectivity index (χ0v) is 11.4. The minimum atomic E-state index is -1.40. The molecule has 0 aliphatic rings. The highest BCUT2D eigenvalue weighted by Gasteiger charge is 2.33. The molecule has 0 saturated carbocycles. The van der Waals surface area contributed by atoms with Crippen LogP contribution < -0.4 is 4.74 Å². The van der Waals surface area contributed by atoms with Crippen molar-refractivity contribution < 1.29 is 18.8 Å². The molecule has 0 heterocycles. The predicted octanol–water partition coefficient (Wildman–Crippen LogP) is 2.07. The van der Waals surface area contributed by atoms with Crippen molar-refractivity contribution >= 4 is 16.8 Å². The van der Waals surface area contributed by atoms with E-state index in [4.69, 9.17) is 9.84 Å². The van der Waals surface area contributed by atoms with Crippen LogP contribution in [0.15, 0.2) is 30.3 Å². The first kappa shape index (κ1) is 14.7. The van der Waals surface area contributed by atoms with Gasteiger partial charge in [0, 0.05) is 16.6 Å². The van der Waals surface area contributed by atoms with E-state index in [1.165, 1.54) is 13.8 Å². The quantitative estimate of drug-likeness (QED) is 0.770. The van der Waals surface area contributed by atoms with Gasteiger partial charge in [0.1, 0.15) is 10.5 Å². The summed E-state index contributed by atoms with van der Waals surface area (Å²) in [5.41, 5.74) is 0. The third-order valence-corrected chi connectivity index (χ3v) is 4.54. The van der Waals surface area contributed by atoms with Crippen molar-refractivity contribution in [3.8, 4) is 5.75 Å². The number of rotatable bonds is 7. The average molecular weight is 270 g/mol. The molecule has 0 fully saturated rings. The standard InChI is InChI=1S/C13H18O4S/c1-13(2,12(14)15)18(16)10-6-9-17-11-7-4-3-5-8-11/h3-5,7-8H,6,9-10H2,1-2H3,(H,14,15). The van der Waals surface area contributed by atoms with Crippen molar-refractivity contribution in [1.29, 1.82) is 0 Å². The fourth-order valence-electron chi connectivity index (χ4n) is 1.25. The molecule has 1 aromatic rings. The Bertz CT molecular complexity index is 414. The zero-order valence-electron chi connectivity index (χ0n) is 10.6. The number of para-hydroxylation sites is 1. The molecule has 1 rings (SSSR count). The van der Waals surface area contributed by atoms with Gasteiger partial charge in [-0.2, -0.15) is 0 Å². The van der Waals surface area contributed by atoms with Crippen LogP contribution in [0.1, 0.15) is 20.3 Å². The van der Waals surface area contributed by atoms with Gasteiger partial charge in [0.25, 0.3) is 0 Å². The highest BCUT2D eigenvalue weighted by Crippen LogP contribution is 2.14. The number of ether oxygens (including phenoxy) is 1. The first-order valence-corrected chi connectivity index (χ1v) is 7.06. The Morgan fingerprint density at radius 2 is 1.94 bits per heavy atom. The van der Waals surface area contributed by atoms with Crippen LogP contribution in [-0.2, 0) is 15.6 Å². The van der Waals surface area contributed by atoms with Gasteiger partial charge in [-0.25, -0.2) is 0 Å². The van der Waals surface area contributed by atoms with E-state index in [0.717, 1.165) is 5.75 Å². The van der Waals surface area contributed by atoms with Gasteiger partial charge in [0.2, 0.25) is 0 Å². The van der Waals surface area contributed by atoms with Crippen molar-refractivity contribution in [3.63, 3.8) is 0 Å². The highest BCUT2D eigenvalue weighted by molar-refractivity contribution is 7.87. The van der Waals surface area contributed by atoms with Crippen LogP contribution in [0, 0.1) is 0 Å². The normalized spacial score (nSPS) is 13.0. The molecular weight excluding hydrogens is 252 g/mol. The van der Waals surface area contributed by atoms with Crippen LogP contribution >= 0.6 is 0 Å². The number of carboxylic acids is 1. The fourth-order valence-corrected chi connectivity index (χ4v) is 2.33. The monoisotopic (exact) mass is 270 g/mol. The number of carboxylic acid groups (broad SMARTS) is 1. The van der Waals surface area contributed by atoms with Gasteiger partial charge in [-0.15, -0.1) is 0 Å². The van der Waals surface area contributed by atoms with Crippen LogP contribution in [0.5, 0.6) is 5.75 Å². The first-order chi connectivity index (χ1) is 8.44. The highest BCUT2D eigenvalue weighted by atomic mass is 32.2. The van der Waals surface area contributed by atoms with Crippen LogP contribution in [-0.4, -0.2) is 32.4 Å². The topological polar surface area (TPSA) is 63.6 Å². The molecule has 1 N–H and O–H groups in total. The van der Waals surface area contributed by atoms with Crippen molar-refractivity contribution in [2.45, 2.75) is 25.0 Å². The first-order valence-electron chi connectivity index (χ1n) is 5.74. The van der Waals surface area contributed by atoms with E-state index in [1.54, 1.807) is 0 Å². The predicted molar refractivity (Wildman–Crippen MR) is 71.3 cm³/mol. The lowest BCUT2D eigenvalue weighted by Crippen LogP contribution is -2.37. The van der Waals surface area contributed by atoms with Crippen LogP contribution in [0.2, 0.25) is 0 Å². The molecule has 0 aliphatic carbocycles. The van der Waals surface area contributed by atoms with Gasteiger partial charge in [0.15, 0.2) is 0 Å². The molecule has 1 unspecified atom stereocenters. The van der Waals surface area contributed by atoms with Crippen LogP contribution in [0.3, 0.4) is 0 Å². The van der Waals surface area contributed by atoms with Gasteiger partial charge in [-0.05, 0) is 32.4 Å². The zero-order chi connectivity index (χ0) is 13.6. The van der Waals surface area contributed by atoms with E-state index in [-0.39, 0.29) is 0 Å². The number of benzene rings is 1. The molecule has 0 spiro atoms. The summed E-state index contributed by atoms with van der Waals surface area (Å²) < 4.78 is 16.0. The van der Waals surface area contributed by atoms with E-state index < -0.39 is 21.5 Å². The molecule has 4 nitrogen and oxygen atoms in total. The second-order valence-electron chi connectivity index (χ2n) is 4.38. The van der Waals surface area contributed by atoms with Crippen molar-refractivity contribution in [2.75, 3.05) is 12.4 Å². The lowest BCUT2D eigenvalue weighted by atomic mass is 10.2. The summed E-state index contributed by atoms with van der Waals surface area (Å²) in [5, 5.41) is 8.92. The van der Waals surface area contributed by atoms with E-state index in [0.29, 0.717) is 18.8 Å². The van der Waals surface area contributed by atoms with Crippen molar-refractivity contribution in [3.05, 3.63) is 30.3 Å². The Kier molecular flexibility index (Phi) is 5.34. The molecule has 1 atom stereocenters. The molecule has 0 amide bonds. The van der Waals surface area contributed by atoms with Crippen LogP contribution in [0.4, 0.5) is 0 Å². The number of hydrogen-bond acceptors (Lipinski definition) is 3. The maximum atomic E-state index is 11.8. The summed E-state index contributed by atoms with van der Waals surface area (Å²) in [6, 6.07) is 9.34. The summed E-state index contributed by atoms with van der Waals surface area (Å²) >= 11 is 0. The maximum absolute atomic E-state index is 11.8. The molecule has 18 heavy (non-hydrogen) atoms. The van der Waals surface area contributed by atoms with Crippen LogP contribution in [0.25, 0.3) is 0 Å². The molecule has 0 radical (unpaired) electrons.